The monoisotopic (exact) mass is 585 g/mol. The quantitative estimate of drug-likeness (QED) is 0.297. The van der Waals surface area contributed by atoms with Crippen LogP contribution in [0.3, 0.4) is 0 Å². The van der Waals surface area contributed by atoms with Crippen LogP contribution < -0.4 is 10.6 Å². The molecule has 1 heterocycles. The number of carbonyl (C=O) groups excluding carboxylic acids is 4. The molecule has 0 bridgehead atoms. The number of methoxy groups -OCH3 is 1. The van der Waals surface area contributed by atoms with Crippen LogP contribution in [0.25, 0.3) is 11.1 Å². The molecule has 0 aromatic heterocycles. The lowest BCUT2D eigenvalue weighted by Crippen LogP contribution is -2.63. The summed E-state index contributed by atoms with van der Waals surface area (Å²) in [5, 5.41) is 5.33. The molecule has 224 valence electrons. The van der Waals surface area contributed by atoms with Crippen molar-refractivity contribution in [2.45, 2.75) is 43.9 Å². The first-order chi connectivity index (χ1) is 20.8. The van der Waals surface area contributed by atoms with Gasteiger partial charge in [0.25, 0.3) is 0 Å². The van der Waals surface area contributed by atoms with Gasteiger partial charge in [0, 0.05) is 19.0 Å². The summed E-state index contributed by atoms with van der Waals surface area (Å²) in [6.45, 7) is 2.11. The topological polar surface area (TPSA) is 123 Å². The highest BCUT2D eigenvalue weighted by molar-refractivity contribution is 5.92. The highest BCUT2D eigenvalue weighted by atomic mass is 16.6. The number of amides is 3. The maximum absolute atomic E-state index is 13.1. The molecule has 3 aromatic rings. The summed E-state index contributed by atoms with van der Waals surface area (Å²) in [7, 11) is 1.25. The van der Waals surface area contributed by atoms with Crippen molar-refractivity contribution in [3.05, 3.63) is 95.6 Å². The zero-order valence-electron chi connectivity index (χ0n) is 24.2. The van der Waals surface area contributed by atoms with Crippen molar-refractivity contribution in [3.63, 3.8) is 0 Å². The molecular weight excluding hydrogens is 550 g/mol. The van der Waals surface area contributed by atoms with Gasteiger partial charge < -0.3 is 29.7 Å². The Morgan fingerprint density at radius 1 is 0.860 bits per heavy atom. The van der Waals surface area contributed by atoms with Crippen LogP contribution in [0.2, 0.25) is 0 Å². The SMILES string of the molecule is COC(=O)C1(NC(=O)[C@@H](C)NC(=O)OCC2c3ccccc3-c3ccccc32)CCN(C(=O)OCc2ccccc2)CC1. The van der Waals surface area contributed by atoms with E-state index in [1.165, 1.54) is 18.9 Å². The fraction of sp³-hybridized carbons (Fsp3) is 0.333. The Labute approximate surface area is 250 Å². The summed E-state index contributed by atoms with van der Waals surface area (Å²) < 4.78 is 16.0. The average molecular weight is 586 g/mol. The van der Waals surface area contributed by atoms with Crippen molar-refractivity contribution in [2.24, 2.45) is 0 Å². The lowest BCUT2D eigenvalue weighted by molar-refractivity contribution is -0.153. The Bertz CT molecular complexity index is 1440. The van der Waals surface area contributed by atoms with E-state index in [1.807, 2.05) is 66.7 Å². The van der Waals surface area contributed by atoms with E-state index in [-0.39, 0.29) is 45.1 Å². The number of benzene rings is 3. The van der Waals surface area contributed by atoms with Gasteiger partial charge in [0.1, 0.15) is 24.8 Å². The third-order valence-corrected chi connectivity index (χ3v) is 8.09. The van der Waals surface area contributed by atoms with E-state index in [9.17, 15) is 19.2 Å². The smallest absolute Gasteiger partial charge is 0.410 e. The largest absolute Gasteiger partial charge is 0.467 e. The third kappa shape index (κ3) is 6.48. The van der Waals surface area contributed by atoms with Crippen LogP contribution in [-0.2, 0) is 30.4 Å². The standard InChI is InChI=1S/C33H35N3O7/c1-22(34-31(39)42-21-28-26-14-8-6-12-24(26)25-13-7-9-15-27(25)28)29(37)35-33(30(38)41-2)16-18-36(19-17-33)32(40)43-20-23-10-4-3-5-11-23/h3-15,22,28H,16-21H2,1-2H3,(H,34,39)(H,35,37)/t22-/m1/s1. The van der Waals surface area contributed by atoms with Gasteiger partial charge in [-0.25, -0.2) is 14.4 Å². The molecule has 0 saturated carbocycles. The van der Waals surface area contributed by atoms with Crippen molar-refractivity contribution in [1.82, 2.24) is 15.5 Å². The summed E-state index contributed by atoms with van der Waals surface area (Å²) in [4.78, 5) is 52.8. The first-order valence-corrected chi connectivity index (χ1v) is 14.3. The molecule has 1 aliphatic heterocycles. The zero-order chi connectivity index (χ0) is 30.4. The van der Waals surface area contributed by atoms with Crippen molar-refractivity contribution in [3.8, 4) is 11.1 Å². The fourth-order valence-corrected chi connectivity index (χ4v) is 5.68. The van der Waals surface area contributed by atoms with Crippen molar-refractivity contribution in [2.75, 3.05) is 26.8 Å². The number of rotatable bonds is 8. The normalized spacial score (nSPS) is 15.8. The highest BCUT2D eigenvalue weighted by Gasteiger charge is 2.45. The van der Waals surface area contributed by atoms with Gasteiger partial charge in [-0.3, -0.25) is 4.79 Å². The van der Waals surface area contributed by atoms with Crippen LogP contribution in [0.15, 0.2) is 78.9 Å². The maximum atomic E-state index is 13.1. The summed E-state index contributed by atoms with van der Waals surface area (Å²) in [6, 6.07) is 24.4. The van der Waals surface area contributed by atoms with Crippen molar-refractivity contribution in [1.29, 1.82) is 0 Å². The number of piperidine rings is 1. The minimum atomic E-state index is -1.35. The first-order valence-electron chi connectivity index (χ1n) is 14.3. The molecule has 2 N–H and O–H groups in total. The lowest BCUT2D eigenvalue weighted by atomic mass is 9.87. The maximum Gasteiger partial charge on any atom is 0.410 e. The van der Waals surface area contributed by atoms with Gasteiger partial charge >= 0.3 is 18.2 Å². The van der Waals surface area contributed by atoms with Crippen LogP contribution in [0.4, 0.5) is 9.59 Å². The number of hydrogen-bond donors (Lipinski definition) is 2. The molecule has 1 atom stereocenters. The Balaban J connectivity index is 1.14. The summed E-state index contributed by atoms with van der Waals surface area (Å²) in [5.41, 5.74) is 3.91. The van der Waals surface area contributed by atoms with Gasteiger partial charge in [-0.2, -0.15) is 0 Å². The highest BCUT2D eigenvalue weighted by Crippen LogP contribution is 2.44. The minimum Gasteiger partial charge on any atom is -0.467 e. The van der Waals surface area contributed by atoms with Gasteiger partial charge in [0.15, 0.2) is 0 Å². The second kappa shape index (κ2) is 13.0. The first kappa shape index (κ1) is 29.6. The van der Waals surface area contributed by atoms with E-state index in [1.54, 1.807) is 0 Å². The molecule has 2 aliphatic rings. The van der Waals surface area contributed by atoms with Crippen molar-refractivity contribution >= 4 is 24.1 Å². The summed E-state index contributed by atoms with van der Waals surface area (Å²) in [6.07, 6.45) is -0.987. The Morgan fingerprint density at radius 2 is 1.44 bits per heavy atom. The summed E-state index contributed by atoms with van der Waals surface area (Å²) in [5.74, 6) is -1.31. The van der Waals surface area contributed by atoms with Crippen LogP contribution in [-0.4, -0.2) is 67.3 Å². The Morgan fingerprint density at radius 3 is 2.05 bits per heavy atom. The Kier molecular flexibility index (Phi) is 8.94. The molecule has 0 unspecified atom stereocenters. The number of fused-ring (bicyclic) bond motifs is 3. The van der Waals surface area contributed by atoms with E-state index in [0.29, 0.717) is 0 Å². The van der Waals surface area contributed by atoms with Gasteiger partial charge in [-0.15, -0.1) is 0 Å². The number of carbonyl (C=O) groups is 4. The van der Waals surface area contributed by atoms with E-state index in [2.05, 4.69) is 22.8 Å². The third-order valence-electron chi connectivity index (χ3n) is 8.09. The lowest BCUT2D eigenvalue weighted by Gasteiger charge is -2.40. The molecular formula is C33H35N3O7. The summed E-state index contributed by atoms with van der Waals surface area (Å²) >= 11 is 0. The van der Waals surface area contributed by atoms with Crippen molar-refractivity contribution < 1.29 is 33.4 Å². The molecule has 43 heavy (non-hydrogen) atoms. The van der Waals surface area contributed by atoms with Gasteiger partial charge in [-0.1, -0.05) is 78.9 Å². The van der Waals surface area contributed by atoms with E-state index < -0.39 is 35.6 Å². The fourth-order valence-electron chi connectivity index (χ4n) is 5.68. The molecule has 1 aliphatic carbocycles. The number of nitrogens with one attached hydrogen (secondary N) is 2. The number of alkyl carbamates (subject to hydrolysis) is 1. The van der Waals surface area contributed by atoms with E-state index in [0.717, 1.165) is 27.8 Å². The van der Waals surface area contributed by atoms with Crippen LogP contribution in [0.5, 0.6) is 0 Å². The number of esters is 1. The number of ether oxygens (including phenoxy) is 3. The van der Waals surface area contributed by atoms with Crippen LogP contribution >= 0.6 is 0 Å². The minimum absolute atomic E-state index is 0.108. The molecule has 10 heteroatoms. The van der Waals surface area contributed by atoms with Crippen LogP contribution in [0.1, 0.15) is 42.4 Å². The Hall–Kier alpha value is -4.86. The molecule has 5 rings (SSSR count). The second-order valence-corrected chi connectivity index (χ2v) is 10.8. The molecule has 1 saturated heterocycles. The molecule has 3 amide bonds. The predicted octanol–water partition coefficient (Wildman–Crippen LogP) is 4.37. The van der Waals surface area contributed by atoms with Gasteiger partial charge in [-0.05, 0) is 47.6 Å². The van der Waals surface area contributed by atoms with Crippen LogP contribution in [0, 0.1) is 0 Å². The molecule has 10 nitrogen and oxygen atoms in total. The number of hydrogen-bond acceptors (Lipinski definition) is 7. The molecule has 0 radical (unpaired) electrons. The second-order valence-electron chi connectivity index (χ2n) is 10.8. The van der Waals surface area contributed by atoms with Gasteiger partial charge in [0.2, 0.25) is 5.91 Å². The molecule has 1 fully saturated rings. The number of likely N-dealkylation sites (tertiary alicyclic amines) is 1. The molecule has 3 aromatic carbocycles. The zero-order valence-corrected chi connectivity index (χ0v) is 24.2. The number of nitrogens with zero attached hydrogens (tertiary/aromatic N) is 1. The molecule has 0 spiro atoms. The average Bonchev–Trinajstić information content (AvgIpc) is 3.36. The predicted molar refractivity (Wildman–Crippen MR) is 158 cm³/mol. The van der Waals surface area contributed by atoms with E-state index >= 15 is 0 Å². The van der Waals surface area contributed by atoms with E-state index in [4.69, 9.17) is 14.2 Å². The van der Waals surface area contributed by atoms with Gasteiger partial charge in [0.05, 0.1) is 7.11 Å².